The van der Waals surface area contributed by atoms with Gasteiger partial charge in [0.25, 0.3) is 0 Å². The number of imidazole rings is 1. The molecule has 0 spiro atoms. The highest BCUT2D eigenvalue weighted by molar-refractivity contribution is 5.75. The van der Waals surface area contributed by atoms with E-state index < -0.39 is 0 Å². The van der Waals surface area contributed by atoms with Gasteiger partial charge < -0.3 is 15.6 Å². The van der Waals surface area contributed by atoms with E-state index in [1.165, 1.54) is 17.8 Å². The second-order valence-electron chi connectivity index (χ2n) is 4.93. The molecule has 2 aromatic rings. The maximum Gasteiger partial charge on any atom is 0.109 e. The highest BCUT2D eigenvalue weighted by atomic mass is 15.1. The minimum Gasteiger partial charge on any atom is -0.331 e. The topological polar surface area (TPSA) is 55.9 Å². The van der Waals surface area contributed by atoms with Gasteiger partial charge in [-0.3, -0.25) is 0 Å². The fourth-order valence-corrected chi connectivity index (χ4v) is 2.31. The van der Waals surface area contributed by atoms with Gasteiger partial charge in [-0.2, -0.15) is 0 Å². The van der Waals surface area contributed by atoms with E-state index in [1.807, 2.05) is 6.07 Å². The molecule has 4 nitrogen and oxygen atoms in total. The molecule has 104 valence electrons. The molecule has 0 bridgehead atoms. The van der Waals surface area contributed by atoms with Crippen LogP contribution in [0.2, 0.25) is 0 Å². The quantitative estimate of drug-likeness (QED) is 0.712. The summed E-state index contributed by atoms with van der Waals surface area (Å²) in [6.07, 6.45) is 4.43. The SMILES string of the molecule is Cn1c(CCCNCCCCN)nc2ccccc21. The summed E-state index contributed by atoms with van der Waals surface area (Å²) in [6.45, 7) is 2.91. The van der Waals surface area contributed by atoms with Crippen LogP contribution in [-0.4, -0.2) is 29.2 Å². The van der Waals surface area contributed by atoms with Crippen molar-refractivity contribution in [3.8, 4) is 0 Å². The van der Waals surface area contributed by atoms with E-state index in [0.717, 1.165) is 44.4 Å². The molecule has 0 saturated carbocycles. The minimum atomic E-state index is 0.793. The van der Waals surface area contributed by atoms with E-state index in [9.17, 15) is 0 Å². The van der Waals surface area contributed by atoms with Crippen LogP contribution in [-0.2, 0) is 13.5 Å². The molecule has 3 N–H and O–H groups in total. The molecule has 0 amide bonds. The number of para-hydroxylation sites is 2. The van der Waals surface area contributed by atoms with Crippen molar-refractivity contribution in [2.45, 2.75) is 25.7 Å². The Labute approximate surface area is 115 Å². The molecule has 0 fully saturated rings. The highest BCUT2D eigenvalue weighted by Crippen LogP contribution is 2.14. The van der Waals surface area contributed by atoms with Gasteiger partial charge in [0, 0.05) is 13.5 Å². The number of fused-ring (bicyclic) bond motifs is 1. The summed E-state index contributed by atoms with van der Waals surface area (Å²) in [4.78, 5) is 4.68. The lowest BCUT2D eigenvalue weighted by Gasteiger charge is -2.04. The predicted molar refractivity (Wildman–Crippen MR) is 80.2 cm³/mol. The number of aryl methyl sites for hydroxylation is 2. The Hall–Kier alpha value is -1.39. The van der Waals surface area contributed by atoms with Gasteiger partial charge in [0.05, 0.1) is 11.0 Å². The molecule has 1 aromatic carbocycles. The van der Waals surface area contributed by atoms with Crippen LogP contribution < -0.4 is 11.1 Å². The number of nitrogens with zero attached hydrogens (tertiary/aromatic N) is 2. The Kier molecular flexibility index (Phi) is 5.36. The summed E-state index contributed by atoms with van der Waals surface area (Å²) in [6, 6.07) is 8.30. The van der Waals surface area contributed by atoms with Gasteiger partial charge in [-0.05, 0) is 51.0 Å². The number of hydrogen-bond donors (Lipinski definition) is 2. The van der Waals surface area contributed by atoms with Crippen molar-refractivity contribution in [2.75, 3.05) is 19.6 Å². The lowest BCUT2D eigenvalue weighted by molar-refractivity contribution is 0.598. The van der Waals surface area contributed by atoms with Crippen molar-refractivity contribution in [2.24, 2.45) is 12.8 Å². The number of hydrogen-bond acceptors (Lipinski definition) is 3. The third-order valence-corrected chi connectivity index (χ3v) is 3.44. The predicted octanol–water partition coefficient (Wildman–Crippen LogP) is 1.83. The standard InChI is InChI=1S/C15H24N4/c1-19-14-8-3-2-7-13(14)18-15(19)9-6-12-17-11-5-4-10-16/h2-3,7-8,17H,4-6,9-12,16H2,1H3. The van der Waals surface area contributed by atoms with Crippen molar-refractivity contribution in [1.29, 1.82) is 0 Å². The monoisotopic (exact) mass is 260 g/mol. The second-order valence-corrected chi connectivity index (χ2v) is 4.93. The van der Waals surface area contributed by atoms with Gasteiger partial charge in [0.2, 0.25) is 0 Å². The van der Waals surface area contributed by atoms with Crippen LogP contribution in [0.3, 0.4) is 0 Å². The molecule has 1 aromatic heterocycles. The van der Waals surface area contributed by atoms with Crippen LogP contribution in [0.5, 0.6) is 0 Å². The van der Waals surface area contributed by atoms with Gasteiger partial charge in [0.1, 0.15) is 5.82 Å². The molecule has 0 saturated heterocycles. The largest absolute Gasteiger partial charge is 0.331 e. The molecule has 19 heavy (non-hydrogen) atoms. The van der Waals surface area contributed by atoms with Crippen LogP contribution in [0.4, 0.5) is 0 Å². The van der Waals surface area contributed by atoms with E-state index in [2.05, 4.69) is 40.1 Å². The first-order chi connectivity index (χ1) is 9.33. The molecule has 0 atom stereocenters. The normalized spacial score (nSPS) is 11.3. The number of aromatic nitrogens is 2. The average Bonchev–Trinajstić information content (AvgIpc) is 2.75. The van der Waals surface area contributed by atoms with Gasteiger partial charge in [-0.15, -0.1) is 0 Å². The smallest absolute Gasteiger partial charge is 0.109 e. The Morgan fingerprint density at radius 1 is 1.16 bits per heavy atom. The highest BCUT2D eigenvalue weighted by Gasteiger charge is 2.05. The maximum atomic E-state index is 5.46. The third-order valence-electron chi connectivity index (χ3n) is 3.44. The maximum absolute atomic E-state index is 5.46. The summed E-state index contributed by atoms with van der Waals surface area (Å²) in [5.74, 6) is 1.17. The number of rotatable bonds is 8. The van der Waals surface area contributed by atoms with Crippen molar-refractivity contribution in [3.05, 3.63) is 30.1 Å². The van der Waals surface area contributed by atoms with E-state index in [4.69, 9.17) is 5.73 Å². The molecule has 0 aliphatic rings. The van der Waals surface area contributed by atoms with Gasteiger partial charge in [-0.25, -0.2) is 4.98 Å². The fourth-order valence-electron chi connectivity index (χ4n) is 2.31. The first kappa shape index (κ1) is 14.0. The average molecular weight is 260 g/mol. The Bertz CT molecular complexity index is 504. The second kappa shape index (κ2) is 7.26. The zero-order valence-electron chi connectivity index (χ0n) is 11.7. The number of unbranched alkanes of at least 4 members (excludes halogenated alkanes) is 1. The van der Waals surface area contributed by atoms with Crippen molar-refractivity contribution >= 4 is 11.0 Å². The third kappa shape index (κ3) is 3.78. The first-order valence-electron chi connectivity index (χ1n) is 7.14. The van der Waals surface area contributed by atoms with E-state index >= 15 is 0 Å². The molecule has 0 unspecified atom stereocenters. The first-order valence-corrected chi connectivity index (χ1v) is 7.14. The fraction of sp³-hybridized carbons (Fsp3) is 0.533. The van der Waals surface area contributed by atoms with Crippen molar-refractivity contribution in [1.82, 2.24) is 14.9 Å². The number of benzene rings is 1. The van der Waals surface area contributed by atoms with Crippen molar-refractivity contribution in [3.63, 3.8) is 0 Å². The van der Waals surface area contributed by atoms with Gasteiger partial charge in [0.15, 0.2) is 0 Å². The van der Waals surface area contributed by atoms with Crippen LogP contribution in [0, 0.1) is 0 Å². The lowest BCUT2D eigenvalue weighted by Crippen LogP contribution is -2.18. The Balaban J connectivity index is 1.77. The number of nitrogens with one attached hydrogen (secondary N) is 1. The summed E-state index contributed by atoms with van der Waals surface area (Å²) >= 11 is 0. The zero-order valence-corrected chi connectivity index (χ0v) is 11.7. The minimum absolute atomic E-state index is 0.793. The zero-order chi connectivity index (χ0) is 13.5. The van der Waals surface area contributed by atoms with Crippen LogP contribution >= 0.6 is 0 Å². The summed E-state index contributed by atoms with van der Waals surface area (Å²) in [5, 5.41) is 3.45. The lowest BCUT2D eigenvalue weighted by atomic mass is 10.2. The number of nitrogens with two attached hydrogens (primary N) is 1. The van der Waals surface area contributed by atoms with Crippen LogP contribution in [0.25, 0.3) is 11.0 Å². The Morgan fingerprint density at radius 2 is 1.95 bits per heavy atom. The molecular formula is C15H24N4. The summed E-state index contributed by atoms with van der Waals surface area (Å²) in [7, 11) is 2.10. The molecular weight excluding hydrogens is 236 g/mol. The summed E-state index contributed by atoms with van der Waals surface area (Å²) < 4.78 is 2.20. The van der Waals surface area contributed by atoms with E-state index in [1.54, 1.807) is 0 Å². The van der Waals surface area contributed by atoms with Crippen LogP contribution in [0.15, 0.2) is 24.3 Å². The molecule has 2 rings (SSSR count). The summed E-state index contributed by atoms with van der Waals surface area (Å²) in [5.41, 5.74) is 7.77. The molecule has 1 heterocycles. The molecule has 0 aliphatic carbocycles. The van der Waals surface area contributed by atoms with Crippen LogP contribution in [0.1, 0.15) is 25.1 Å². The molecule has 0 aliphatic heterocycles. The molecule has 4 heteroatoms. The Morgan fingerprint density at radius 3 is 2.74 bits per heavy atom. The van der Waals surface area contributed by atoms with Crippen molar-refractivity contribution < 1.29 is 0 Å². The molecule has 0 radical (unpaired) electrons. The van der Waals surface area contributed by atoms with E-state index in [-0.39, 0.29) is 0 Å². The van der Waals surface area contributed by atoms with E-state index in [0.29, 0.717) is 0 Å². The van der Waals surface area contributed by atoms with Gasteiger partial charge >= 0.3 is 0 Å². The van der Waals surface area contributed by atoms with Gasteiger partial charge in [-0.1, -0.05) is 12.1 Å².